The van der Waals surface area contributed by atoms with Crippen molar-refractivity contribution in [2.75, 3.05) is 6.61 Å². The van der Waals surface area contributed by atoms with Gasteiger partial charge in [0, 0.05) is 6.42 Å². The second kappa shape index (κ2) is 51.2. The van der Waals surface area contributed by atoms with Crippen molar-refractivity contribution in [3.05, 3.63) is 12.2 Å². The molecule has 0 radical (unpaired) electrons. The lowest BCUT2D eigenvalue weighted by Crippen LogP contribution is -2.05. The molecule has 0 fully saturated rings. The fourth-order valence-electron chi connectivity index (χ4n) is 8.24. The Morgan fingerprint density at radius 3 is 0.836 bits per heavy atom. The van der Waals surface area contributed by atoms with Gasteiger partial charge in [0.15, 0.2) is 0 Å². The Hall–Kier alpha value is -0.790. The number of unbranched alkanes of at least 4 members (excludes halogenated alkanes) is 43. The van der Waals surface area contributed by atoms with Crippen LogP contribution in [-0.4, -0.2) is 12.6 Å². The summed E-state index contributed by atoms with van der Waals surface area (Å²) < 4.78 is 5.46. The Morgan fingerprint density at radius 1 is 0.291 bits per heavy atom. The van der Waals surface area contributed by atoms with Crippen molar-refractivity contribution in [3.8, 4) is 0 Å². The van der Waals surface area contributed by atoms with Crippen LogP contribution in [0, 0.1) is 0 Å². The van der Waals surface area contributed by atoms with Crippen LogP contribution in [0.2, 0.25) is 0 Å². The molecule has 0 spiro atoms. The predicted molar refractivity (Wildman–Crippen MR) is 248 cm³/mol. The second-order valence-electron chi connectivity index (χ2n) is 17.9. The lowest BCUT2D eigenvalue weighted by atomic mass is 10.0. The molecule has 0 aromatic carbocycles. The minimum Gasteiger partial charge on any atom is -0.466 e. The average Bonchev–Trinajstić information content (AvgIpc) is 3.19. The third-order valence-electron chi connectivity index (χ3n) is 12.2. The van der Waals surface area contributed by atoms with Crippen molar-refractivity contribution in [2.45, 2.75) is 316 Å². The minimum atomic E-state index is 0.0188. The van der Waals surface area contributed by atoms with Gasteiger partial charge in [0.1, 0.15) is 0 Å². The van der Waals surface area contributed by atoms with E-state index in [1.807, 2.05) is 0 Å². The maximum absolute atomic E-state index is 12.0. The van der Waals surface area contributed by atoms with E-state index in [1.54, 1.807) is 0 Å². The summed E-state index contributed by atoms with van der Waals surface area (Å²) in [5.74, 6) is 0.0188. The van der Waals surface area contributed by atoms with Crippen LogP contribution in [0.1, 0.15) is 316 Å². The van der Waals surface area contributed by atoms with E-state index in [9.17, 15) is 4.79 Å². The normalized spacial score (nSPS) is 11.7. The highest BCUT2D eigenvalue weighted by atomic mass is 16.5. The maximum atomic E-state index is 12.0. The molecule has 0 amide bonds. The number of esters is 1. The van der Waals surface area contributed by atoms with E-state index in [0.717, 1.165) is 19.3 Å². The van der Waals surface area contributed by atoms with Gasteiger partial charge in [-0.15, -0.1) is 0 Å². The third-order valence-corrected chi connectivity index (χ3v) is 12.2. The van der Waals surface area contributed by atoms with Gasteiger partial charge in [-0.2, -0.15) is 0 Å². The number of rotatable bonds is 49. The van der Waals surface area contributed by atoms with Gasteiger partial charge < -0.3 is 4.74 Å². The lowest BCUT2D eigenvalue weighted by molar-refractivity contribution is -0.143. The van der Waals surface area contributed by atoms with Gasteiger partial charge in [-0.3, -0.25) is 4.79 Å². The van der Waals surface area contributed by atoms with Crippen molar-refractivity contribution in [1.82, 2.24) is 0 Å². The molecular formula is C53H104O2. The number of hydrogen-bond donors (Lipinski definition) is 0. The summed E-state index contributed by atoms with van der Waals surface area (Å²) in [6.45, 7) is 5.18. The third kappa shape index (κ3) is 51.2. The SMILES string of the molecule is CCCC/C=C\CCCCCCCC(=O)OCCCCCCCCCCCCCCCCCCCCCCCCCCCCCCCCCCCCCCC. The van der Waals surface area contributed by atoms with Gasteiger partial charge in [-0.25, -0.2) is 0 Å². The zero-order valence-electron chi connectivity index (χ0n) is 38.4. The number of carbonyl (C=O) groups excluding carboxylic acids is 1. The van der Waals surface area contributed by atoms with E-state index in [-0.39, 0.29) is 5.97 Å². The number of ether oxygens (including phenoxy) is 1. The standard InChI is InChI=1S/C53H104O2/c1-3-5-7-9-11-13-15-16-17-18-19-20-21-22-23-24-25-26-27-28-29-30-31-32-33-34-35-36-37-38-39-40-42-44-46-48-50-52-55-53(54)51-49-47-45-43-41-14-12-10-8-6-4-2/h10,12H,3-9,11,13-52H2,1-2H3/b12-10-. The predicted octanol–water partition coefficient (Wildman–Crippen LogP) is 19.5. The van der Waals surface area contributed by atoms with E-state index >= 15 is 0 Å². The molecular weight excluding hydrogens is 669 g/mol. The van der Waals surface area contributed by atoms with Crippen molar-refractivity contribution in [3.63, 3.8) is 0 Å². The Balaban J connectivity index is 3.12. The van der Waals surface area contributed by atoms with Crippen LogP contribution < -0.4 is 0 Å². The molecule has 0 N–H and O–H groups in total. The first kappa shape index (κ1) is 54.2. The molecule has 0 aromatic heterocycles. The molecule has 0 saturated heterocycles. The molecule has 0 heterocycles. The van der Waals surface area contributed by atoms with E-state index in [1.165, 1.54) is 276 Å². The molecule has 328 valence electrons. The minimum absolute atomic E-state index is 0.0188. The summed E-state index contributed by atoms with van der Waals surface area (Å²) in [5, 5.41) is 0. The Bertz CT molecular complexity index is 713. The first-order chi connectivity index (χ1) is 27.3. The van der Waals surface area contributed by atoms with Crippen LogP contribution in [-0.2, 0) is 9.53 Å². The van der Waals surface area contributed by atoms with Crippen LogP contribution in [0.25, 0.3) is 0 Å². The highest BCUT2D eigenvalue weighted by Gasteiger charge is 2.03. The van der Waals surface area contributed by atoms with E-state index in [4.69, 9.17) is 4.74 Å². The summed E-state index contributed by atoms with van der Waals surface area (Å²) >= 11 is 0. The highest BCUT2D eigenvalue weighted by Crippen LogP contribution is 2.18. The van der Waals surface area contributed by atoms with Gasteiger partial charge in [0.2, 0.25) is 0 Å². The van der Waals surface area contributed by atoms with Crippen LogP contribution in [0.3, 0.4) is 0 Å². The highest BCUT2D eigenvalue weighted by molar-refractivity contribution is 5.69. The van der Waals surface area contributed by atoms with Crippen LogP contribution in [0.4, 0.5) is 0 Å². The van der Waals surface area contributed by atoms with Gasteiger partial charge in [-0.1, -0.05) is 289 Å². The zero-order chi connectivity index (χ0) is 39.6. The topological polar surface area (TPSA) is 26.3 Å². The summed E-state index contributed by atoms with van der Waals surface area (Å²) in [5.41, 5.74) is 0. The summed E-state index contributed by atoms with van der Waals surface area (Å²) in [6, 6.07) is 0. The van der Waals surface area contributed by atoms with Crippen LogP contribution in [0.15, 0.2) is 12.2 Å². The molecule has 2 heteroatoms. The summed E-state index contributed by atoms with van der Waals surface area (Å²) in [7, 11) is 0. The molecule has 0 atom stereocenters. The first-order valence-electron chi connectivity index (χ1n) is 26.1. The van der Waals surface area contributed by atoms with Gasteiger partial charge >= 0.3 is 5.97 Å². The largest absolute Gasteiger partial charge is 0.466 e. The summed E-state index contributed by atoms with van der Waals surface area (Å²) in [4.78, 5) is 12.0. The number of allylic oxidation sites excluding steroid dienone is 2. The van der Waals surface area contributed by atoms with Crippen molar-refractivity contribution < 1.29 is 9.53 Å². The second-order valence-corrected chi connectivity index (χ2v) is 17.9. The fourth-order valence-corrected chi connectivity index (χ4v) is 8.24. The smallest absolute Gasteiger partial charge is 0.305 e. The molecule has 0 unspecified atom stereocenters. The molecule has 0 bridgehead atoms. The van der Waals surface area contributed by atoms with Crippen molar-refractivity contribution in [2.24, 2.45) is 0 Å². The van der Waals surface area contributed by atoms with Gasteiger partial charge in [0.25, 0.3) is 0 Å². The van der Waals surface area contributed by atoms with E-state index < -0.39 is 0 Å². The molecule has 0 rings (SSSR count). The average molecular weight is 773 g/mol. The van der Waals surface area contributed by atoms with Gasteiger partial charge in [-0.05, 0) is 32.1 Å². The van der Waals surface area contributed by atoms with Crippen LogP contribution in [0.5, 0.6) is 0 Å². The zero-order valence-corrected chi connectivity index (χ0v) is 38.4. The quantitative estimate of drug-likeness (QED) is 0.0350. The molecule has 55 heavy (non-hydrogen) atoms. The van der Waals surface area contributed by atoms with E-state index in [2.05, 4.69) is 26.0 Å². The van der Waals surface area contributed by atoms with Crippen molar-refractivity contribution in [1.29, 1.82) is 0 Å². The summed E-state index contributed by atoms with van der Waals surface area (Å²) in [6.07, 6.45) is 69.5. The van der Waals surface area contributed by atoms with Gasteiger partial charge in [0.05, 0.1) is 6.61 Å². The number of carbonyl (C=O) groups is 1. The Labute approximate surface area is 348 Å². The molecule has 0 aromatic rings. The lowest BCUT2D eigenvalue weighted by Gasteiger charge is -2.06. The van der Waals surface area contributed by atoms with Crippen LogP contribution >= 0.6 is 0 Å². The first-order valence-corrected chi connectivity index (χ1v) is 26.1. The molecule has 2 nitrogen and oxygen atoms in total. The maximum Gasteiger partial charge on any atom is 0.305 e. The molecule has 0 aliphatic rings. The van der Waals surface area contributed by atoms with E-state index in [0.29, 0.717) is 13.0 Å². The number of hydrogen-bond acceptors (Lipinski definition) is 2. The Morgan fingerprint density at radius 2 is 0.527 bits per heavy atom. The molecule has 0 aliphatic carbocycles. The fraction of sp³-hybridized carbons (Fsp3) is 0.943. The van der Waals surface area contributed by atoms with Crippen molar-refractivity contribution >= 4 is 5.97 Å². The molecule has 0 aliphatic heterocycles. The Kier molecular flexibility index (Phi) is 50.5. The monoisotopic (exact) mass is 773 g/mol. The molecule has 0 saturated carbocycles.